The fourth-order valence-electron chi connectivity index (χ4n) is 3.88. The Morgan fingerprint density at radius 1 is 0.914 bits per heavy atom. The minimum atomic E-state index is -2.17. The molecular formula is C28H54O5Si2. The third-order valence-electron chi connectivity index (χ3n) is 8.68. The van der Waals surface area contributed by atoms with E-state index in [1.54, 1.807) is 0 Å². The molecule has 35 heavy (non-hydrogen) atoms. The lowest BCUT2D eigenvalue weighted by Crippen LogP contribution is -2.54. The fourth-order valence-corrected chi connectivity index (χ4v) is 6.78. The summed E-state index contributed by atoms with van der Waals surface area (Å²) in [5.41, 5.74) is -0.770. The van der Waals surface area contributed by atoms with Crippen LogP contribution in [-0.2, 0) is 23.1 Å². The van der Waals surface area contributed by atoms with Crippen LogP contribution in [0.4, 0.5) is 0 Å². The molecule has 1 aliphatic rings. The smallest absolute Gasteiger partial charge is 0.192 e. The van der Waals surface area contributed by atoms with Gasteiger partial charge in [-0.1, -0.05) is 62.3 Å². The van der Waals surface area contributed by atoms with Gasteiger partial charge >= 0.3 is 0 Å². The highest BCUT2D eigenvalue weighted by molar-refractivity contribution is 6.74. The van der Waals surface area contributed by atoms with Gasteiger partial charge in [0.25, 0.3) is 0 Å². The van der Waals surface area contributed by atoms with E-state index < -0.39 is 22.0 Å². The number of ether oxygens (including phenoxy) is 2. The van der Waals surface area contributed by atoms with E-state index in [9.17, 15) is 4.79 Å². The van der Waals surface area contributed by atoms with E-state index in [1.807, 2.05) is 27.7 Å². The number of Topliss-reactive ketones (excluding diaryl/α,β-unsaturated/α-hetero) is 1. The molecule has 0 spiro atoms. The van der Waals surface area contributed by atoms with Crippen LogP contribution in [0.1, 0.15) is 75.7 Å². The van der Waals surface area contributed by atoms with Gasteiger partial charge in [0.05, 0.1) is 25.4 Å². The predicted octanol–water partition coefficient (Wildman–Crippen LogP) is 7.03. The van der Waals surface area contributed by atoms with Crippen LogP contribution in [0, 0.1) is 29.6 Å². The number of hydrogen-bond acceptors (Lipinski definition) is 5. The van der Waals surface area contributed by atoms with Gasteiger partial charge in [-0.05, 0) is 43.2 Å². The van der Waals surface area contributed by atoms with Crippen molar-refractivity contribution in [2.45, 2.75) is 130 Å². The highest BCUT2D eigenvalue weighted by Crippen LogP contribution is 2.44. The average Bonchev–Trinajstić information content (AvgIpc) is 3.21. The van der Waals surface area contributed by atoms with E-state index >= 15 is 0 Å². The van der Waals surface area contributed by atoms with Gasteiger partial charge < -0.3 is 18.3 Å². The van der Waals surface area contributed by atoms with E-state index in [0.29, 0.717) is 19.6 Å². The standard InChI is InChI=1S/C28H54O5Si2/c1-16-20(2)24(33-35(14,15)27(7,8)9)21(3)25(29)28(10,11)22(19-23-30-17-18-31-23)32-34(12,13)26(4,5)6/h1,20-24H,17-19H2,2-15H3/t20-,21+,22-,24-/m0/s1. The third-order valence-corrected chi connectivity index (χ3v) is 17.6. The summed E-state index contributed by atoms with van der Waals surface area (Å²) in [6.07, 6.45) is 5.36. The van der Waals surface area contributed by atoms with Gasteiger partial charge in [0.1, 0.15) is 5.78 Å². The SMILES string of the molecule is C#C[C@H](C)[C@H](O[Si](C)(C)C(C)(C)C)[C@@H](C)C(=O)C(C)(C)[C@H](CC1OCCO1)O[Si](C)(C)C(C)(C)C. The van der Waals surface area contributed by atoms with Crippen molar-refractivity contribution in [3.05, 3.63) is 0 Å². The Balaban J connectivity index is 3.35. The summed E-state index contributed by atoms with van der Waals surface area (Å²) >= 11 is 0. The van der Waals surface area contributed by atoms with Crippen LogP contribution in [0.3, 0.4) is 0 Å². The number of rotatable bonds is 11. The number of terminal acetylenes is 1. The van der Waals surface area contributed by atoms with Crippen LogP contribution in [0.15, 0.2) is 0 Å². The van der Waals surface area contributed by atoms with Crippen LogP contribution >= 0.6 is 0 Å². The van der Waals surface area contributed by atoms with Crippen LogP contribution in [0.5, 0.6) is 0 Å². The van der Waals surface area contributed by atoms with E-state index in [1.165, 1.54) is 0 Å². The Morgan fingerprint density at radius 3 is 1.74 bits per heavy atom. The van der Waals surface area contributed by atoms with Crippen molar-refractivity contribution >= 4 is 22.4 Å². The quantitative estimate of drug-likeness (QED) is 0.214. The molecule has 1 heterocycles. The molecule has 0 saturated carbocycles. The lowest BCUT2D eigenvalue weighted by Gasteiger charge is -2.46. The summed E-state index contributed by atoms with van der Waals surface area (Å²) in [4.78, 5) is 14.2. The summed E-state index contributed by atoms with van der Waals surface area (Å²) in [6.45, 7) is 31.3. The van der Waals surface area contributed by atoms with Crippen molar-refractivity contribution in [3.8, 4) is 12.3 Å². The molecule has 1 saturated heterocycles. The van der Waals surface area contributed by atoms with Gasteiger partial charge in [0.15, 0.2) is 22.9 Å². The second-order valence-electron chi connectivity index (χ2n) is 13.9. The van der Waals surface area contributed by atoms with Crippen molar-refractivity contribution in [2.24, 2.45) is 17.3 Å². The second-order valence-corrected chi connectivity index (χ2v) is 23.5. The maximum atomic E-state index is 14.2. The number of carbonyl (C=O) groups excluding carboxylic acids is 1. The van der Waals surface area contributed by atoms with Gasteiger partial charge in [0, 0.05) is 23.7 Å². The Labute approximate surface area is 218 Å². The number of ketones is 1. The number of hydrogen-bond donors (Lipinski definition) is 0. The molecule has 4 atom stereocenters. The second kappa shape index (κ2) is 11.5. The molecule has 1 rings (SSSR count). The Bertz CT molecular complexity index is 749. The Kier molecular flexibility index (Phi) is 10.7. The average molecular weight is 527 g/mol. The summed E-state index contributed by atoms with van der Waals surface area (Å²) in [5.74, 6) is 2.41. The van der Waals surface area contributed by atoms with Gasteiger partial charge in [-0.3, -0.25) is 4.79 Å². The molecule has 0 radical (unpaired) electrons. The topological polar surface area (TPSA) is 54.0 Å². The first-order valence-corrected chi connectivity index (χ1v) is 19.0. The van der Waals surface area contributed by atoms with Crippen molar-refractivity contribution in [1.82, 2.24) is 0 Å². The van der Waals surface area contributed by atoms with Crippen molar-refractivity contribution in [3.63, 3.8) is 0 Å². The first-order valence-electron chi connectivity index (χ1n) is 13.2. The van der Waals surface area contributed by atoms with Gasteiger partial charge in [-0.25, -0.2) is 0 Å². The first kappa shape index (κ1) is 32.5. The molecule has 0 aliphatic carbocycles. The van der Waals surface area contributed by atoms with Crippen molar-refractivity contribution < 1.29 is 23.1 Å². The van der Waals surface area contributed by atoms with E-state index in [-0.39, 0.29) is 46.2 Å². The predicted molar refractivity (Wildman–Crippen MR) is 150 cm³/mol. The Hall–Kier alpha value is -0.496. The molecular weight excluding hydrogens is 472 g/mol. The van der Waals surface area contributed by atoms with Crippen molar-refractivity contribution in [1.29, 1.82) is 0 Å². The largest absolute Gasteiger partial charge is 0.413 e. The van der Waals surface area contributed by atoms with E-state index in [2.05, 4.69) is 73.7 Å². The summed E-state index contributed by atoms with van der Waals surface area (Å²) in [6, 6.07) is 0. The van der Waals surface area contributed by atoms with Gasteiger partial charge in [-0.15, -0.1) is 12.3 Å². The van der Waals surface area contributed by atoms with Gasteiger partial charge in [-0.2, -0.15) is 0 Å². The molecule has 0 aromatic rings. The lowest BCUT2D eigenvalue weighted by molar-refractivity contribution is -0.144. The summed E-state index contributed by atoms with van der Waals surface area (Å²) in [7, 11) is -4.32. The van der Waals surface area contributed by atoms with Crippen LogP contribution in [-0.4, -0.2) is 54.1 Å². The van der Waals surface area contributed by atoms with Crippen LogP contribution in [0.25, 0.3) is 0 Å². The zero-order valence-corrected chi connectivity index (χ0v) is 27.1. The highest BCUT2D eigenvalue weighted by Gasteiger charge is 2.50. The summed E-state index contributed by atoms with van der Waals surface area (Å²) < 4.78 is 25.3. The Morgan fingerprint density at radius 2 is 1.34 bits per heavy atom. The van der Waals surface area contributed by atoms with Crippen LogP contribution in [0.2, 0.25) is 36.3 Å². The molecule has 204 valence electrons. The van der Waals surface area contributed by atoms with Crippen molar-refractivity contribution in [2.75, 3.05) is 13.2 Å². The minimum Gasteiger partial charge on any atom is -0.413 e. The normalized spacial score (nSPS) is 20.3. The minimum absolute atomic E-state index is 0.0132. The monoisotopic (exact) mass is 526 g/mol. The first-order chi connectivity index (χ1) is 15.6. The lowest BCUT2D eigenvalue weighted by atomic mass is 9.73. The molecule has 0 amide bonds. The fraction of sp³-hybridized carbons (Fsp3) is 0.893. The molecule has 7 heteroatoms. The molecule has 0 unspecified atom stereocenters. The summed E-state index contributed by atoms with van der Waals surface area (Å²) in [5, 5.41) is 0.0301. The molecule has 0 bridgehead atoms. The van der Waals surface area contributed by atoms with E-state index in [0.717, 1.165) is 0 Å². The zero-order chi connectivity index (χ0) is 27.6. The molecule has 1 aliphatic heterocycles. The zero-order valence-electron chi connectivity index (χ0n) is 25.1. The highest BCUT2D eigenvalue weighted by atomic mass is 28.4. The third kappa shape index (κ3) is 7.99. The maximum absolute atomic E-state index is 14.2. The molecule has 5 nitrogen and oxygen atoms in total. The van der Waals surface area contributed by atoms with E-state index in [4.69, 9.17) is 24.7 Å². The maximum Gasteiger partial charge on any atom is 0.192 e. The van der Waals surface area contributed by atoms with Gasteiger partial charge in [0.2, 0.25) is 0 Å². The molecule has 0 aromatic carbocycles. The molecule has 1 fully saturated rings. The number of carbonyl (C=O) groups is 1. The molecule has 0 aromatic heterocycles. The van der Waals surface area contributed by atoms with Crippen LogP contribution < -0.4 is 0 Å². The molecule has 0 N–H and O–H groups in total.